The highest BCUT2D eigenvalue weighted by molar-refractivity contribution is 5.84. The van der Waals surface area contributed by atoms with Crippen LogP contribution in [0.5, 0.6) is 0 Å². The van der Waals surface area contributed by atoms with E-state index in [1.807, 2.05) is 0 Å². The number of hydrogen-bond donors (Lipinski definition) is 3. The Morgan fingerprint density at radius 3 is 2.25 bits per heavy atom. The number of alkyl halides is 2. The van der Waals surface area contributed by atoms with Gasteiger partial charge in [0.05, 0.1) is 0 Å². The molecule has 0 fully saturated rings. The maximum atomic E-state index is 12.3. The first-order chi connectivity index (χ1) is 5.54. The molecule has 0 aromatic carbocycles. The highest BCUT2D eigenvalue weighted by atomic mass is 19.2. The van der Waals surface area contributed by atoms with Crippen molar-refractivity contribution >= 4 is 5.78 Å². The Labute approximate surface area is 67.4 Å². The van der Waals surface area contributed by atoms with Crippen LogP contribution in [0.25, 0.3) is 0 Å². The van der Waals surface area contributed by atoms with Crippen molar-refractivity contribution < 1.29 is 28.9 Å². The minimum absolute atomic E-state index is 1.02. The van der Waals surface area contributed by atoms with Gasteiger partial charge in [-0.2, -0.15) is 0 Å². The van der Waals surface area contributed by atoms with Crippen LogP contribution in [-0.4, -0.2) is 52.8 Å². The Balaban J connectivity index is 4.08. The van der Waals surface area contributed by atoms with Crippen molar-refractivity contribution in [1.82, 2.24) is 0 Å². The van der Waals surface area contributed by atoms with Gasteiger partial charge in [-0.05, 0) is 0 Å². The molecule has 0 bridgehead atoms. The van der Waals surface area contributed by atoms with Crippen LogP contribution in [0.1, 0.15) is 0 Å². The number of rotatable bonds is 5. The van der Waals surface area contributed by atoms with E-state index < -0.39 is 37.4 Å². The number of halogens is 2. The molecule has 0 aliphatic rings. The molecule has 0 saturated heterocycles. The van der Waals surface area contributed by atoms with Gasteiger partial charge in [0.1, 0.15) is 25.5 Å². The minimum atomic E-state index is -2.31. The second-order valence-electron chi connectivity index (χ2n) is 2.23. The molecule has 0 aromatic heterocycles. The van der Waals surface area contributed by atoms with Crippen molar-refractivity contribution in [2.45, 2.75) is 18.4 Å². The first kappa shape index (κ1) is 11.4. The fourth-order valence-corrected chi connectivity index (χ4v) is 0.573. The Morgan fingerprint density at radius 1 is 1.42 bits per heavy atom. The highest BCUT2D eigenvalue weighted by Crippen LogP contribution is 2.05. The number of ketones is 1. The van der Waals surface area contributed by atoms with Crippen LogP contribution in [0.4, 0.5) is 8.78 Å². The molecule has 3 atom stereocenters. The Kier molecular flexibility index (Phi) is 4.87. The van der Waals surface area contributed by atoms with E-state index in [1.54, 1.807) is 0 Å². The van der Waals surface area contributed by atoms with Gasteiger partial charge in [0.2, 0.25) is 0 Å². The minimum Gasteiger partial charge on any atom is -0.388 e. The third-order valence-electron chi connectivity index (χ3n) is 1.33. The second-order valence-corrected chi connectivity index (χ2v) is 2.23. The van der Waals surface area contributed by atoms with E-state index in [9.17, 15) is 13.6 Å². The van der Waals surface area contributed by atoms with Crippen LogP contribution in [0.15, 0.2) is 0 Å². The van der Waals surface area contributed by atoms with Gasteiger partial charge < -0.3 is 15.3 Å². The summed E-state index contributed by atoms with van der Waals surface area (Å²) in [7, 11) is 0. The summed E-state index contributed by atoms with van der Waals surface area (Å²) >= 11 is 0. The van der Waals surface area contributed by atoms with Gasteiger partial charge >= 0.3 is 0 Å². The van der Waals surface area contributed by atoms with Crippen LogP contribution in [0.3, 0.4) is 0 Å². The molecule has 0 rings (SSSR count). The quantitative estimate of drug-likeness (QED) is 0.490. The van der Waals surface area contributed by atoms with E-state index in [2.05, 4.69) is 0 Å². The largest absolute Gasteiger partial charge is 0.388 e. The van der Waals surface area contributed by atoms with Gasteiger partial charge in [-0.3, -0.25) is 4.79 Å². The van der Waals surface area contributed by atoms with Crippen LogP contribution >= 0.6 is 0 Å². The van der Waals surface area contributed by atoms with E-state index >= 15 is 0 Å². The van der Waals surface area contributed by atoms with Crippen molar-refractivity contribution in [2.75, 3.05) is 13.3 Å². The van der Waals surface area contributed by atoms with E-state index in [0.717, 1.165) is 0 Å². The van der Waals surface area contributed by atoms with Crippen molar-refractivity contribution in [1.29, 1.82) is 0 Å². The van der Waals surface area contributed by atoms with Gasteiger partial charge in [0, 0.05) is 0 Å². The normalized spacial score (nSPS) is 18.4. The summed E-state index contributed by atoms with van der Waals surface area (Å²) in [6.45, 7) is -2.51. The highest BCUT2D eigenvalue weighted by Gasteiger charge is 2.30. The fraction of sp³-hybridized carbons (Fsp3) is 0.833. The molecule has 0 amide bonds. The zero-order valence-corrected chi connectivity index (χ0v) is 6.15. The first-order valence-corrected chi connectivity index (χ1v) is 3.24. The molecular formula is C6H10F2O4. The molecule has 72 valence electrons. The Morgan fingerprint density at radius 2 is 1.92 bits per heavy atom. The zero-order chi connectivity index (χ0) is 9.72. The number of aliphatic hydroxyl groups is 3. The summed E-state index contributed by atoms with van der Waals surface area (Å²) in [5, 5.41) is 25.6. The summed E-state index contributed by atoms with van der Waals surface area (Å²) in [4.78, 5) is 10.4. The van der Waals surface area contributed by atoms with Crippen LogP contribution in [-0.2, 0) is 4.79 Å². The van der Waals surface area contributed by atoms with Crippen LogP contribution in [0.2, 0.25) is 0 Å². The summed E-state index contributed by atoms with van der Waals surface area (Å²) in [6, 6.07) is 0. The van der Waals surface area contributed by atoms with Crippen molar-refractivity contribution in [3.05, 3.63) is 0 Å². The molecule has 0 aromatic rings. The number of carbonyl (C=O) groups is 1. The van der Waals surface area contributed by atoms with Crippen molar-refractivity contribution in [3.63, 3.8) is 0 Å². The molecule has 0 aliphatic heterocycles. The lowest BCUT2D eigenvalue weighted by atomic mass is 10.1. The topological polar surface area (TPSA) is 77.8 Å². The maximum Gasteiger partial charge on any atom is 0.189 e. The number of Topliss-reactive ketones (excluding diaryl/α,β-unsaturated/α-hetero) is 1. The molecule has 0 spiro atoms. The molecule has 0 saturated carbocycles. The molecule has 0 heterocycles. The average molecular weight is 184 g/mol. The zero-order valence-electron chi connectivity index (χ0n) is 6.15. The number of carbonyl (C=O) groups excluding carboxylic acids is 1. The van der Waals surface area contributed by atoms with Gasteiger partial charge in [0.25, 0.3) is 0 Å². The van der Waals surface area contributed by atoms with E-state index in [1.165, 1.54) is 0 Å². The summed E-state index contributed by atoms with van der Waals surface area (Å²) in [5.41, 5.74) is 0. The van der Waals surface area contributed by atoms with E-state index in [4.69, 9.17) is 15.3 Å². The third-order valence-corrected chi connectivity index (χ3v) is 1.33. The van der Waals surface area contributed by atoms with Gasteiger partial charge in [0.15, 0.2) is 12.0 Å². The second kappa shape index (κ2) is 5.13. The monoisotopic (exact) mass is 184 g/mol. The summed E-state index contributed by atoms with van der Waals surface area (Å²) in [5.74, 6) is -1.14. The predicted octanol–water partition coefficient (Wildman–Crippen LogP) is -1.42. The molecule has 0 unspecified atom stereocenters. The molecule has 0 aliphatic carbocycles. The lowest BCUT2D eigenvalue weighted by Crippen LogP contribution is -2.42. The van der Waals surface area contributed by atoms with Gasteiger partial charge in [-0.1, -0.05) is 0 Å². The molecule has 4 nitrogen and oxygen atoms in total. The fourth-order valence-electron chi connectivity index (χ4n) is 0.573. The summed E-state index contributed by atoms with van der Waals surface area (Å²) < 4.78 is 23.8. The Bertz CT molecular complexity index is 152. The SMILES string of the molecule is O=C(CO)[C@@H](O)[C@H](O)[C@H](F)CF. The van der Waals surface area contributed by atoms with Crippen LogP contribution < -0.4 is 0 Å². The van der Waals surface area contributed by atoms with Gasteiger partial charge in [-0.15, -0.1) is 0 Å². The van der Waals surface area contributed by atoms with Gasteiger partial charge in [-0.25, -0.2) is 8.78 Å². The standard InChI is InChI=1S/C6H10F2O4/c7-1-3(8)5(11)6(12)4(10)2-9/h3,5-6,9,11-12H,1-2H2/t3-,5-,6-/m1/s1. The maximum absolute atomic E-state index is 12.3. The number of hydrogen-bond acceptors (Lipinski definition) is 4. The van der Waals surface area contributed by atoms with E-state index in [0.29, 0.717) is 0 Å². The lowest BCUT2D eigenvalue weighted by molar-refractivity contribution is -0.139. The molecule has 6 heteroatoms. The molecular weight excluding hydrogens is 174 g/mol. The molecule has 12 heavy (non-hydrogen) atoms. The summed E-state index contributed by atoms with van der Waals surface area (Å²) in [6.07, 6.45) is -6.49. The first-order valence-electron chi connectivity index (χ1n) is 3.24. The lowest BCUT2D eigenvalue weighted by Gasteiger charge is -2.17. The van der Waals surface area contributed by atoms with Crippen LogP contribution in [0, 0.1) is 0 Å². The smallest absolute Gasteiger partial charge is 0.189 e. The average Bonchev–Trinajstić information content (AvgIpc) is 2.12. The predicted molar refractivity (Wildman–Crippen MR) is 35.0 cm³/mol. The van der Waals surface area contributed by atoms with Crippen molar-refractivity contribution in [3.8, 4) is 0 Å². The molecule has 0 radical (unpaired) electrons. The third kappa shape index (κ3) is 2.80. The Hall–Kier alpha value is -0.590. The van der Waals surface area contributed by atoms with Crippen molar-refractivity contribution in [2.24, 2.45) is 0 Å². The van der Waals surface area contributed by atoms with E-state index in [-0.39, 0.29) is 0 Å². The number of aliphatic hydroxyl groups excluding tert-OH is 3. The molecule has 3 N–H and O–H groups in total.